The first-order valence-corrected chi connectivity index (χ1v) is 14.1. The largest absolute Gasteiger partial charge is 0.444 e. The number of carbonyl (C=O) groups excluding carboxylic acids is 3. The van der Waals surface area contributed by atoms with E-state index < -0.39 is 68.3 Å². The highest BCUT2D eigenvalue weighted by Gasteiger charge is 2.51. The second-order valence-electron chi connectivity index (χ2n) is 10.9. The minimum Gasteiger partial charge on any atom is -0.444 e. The Bertz CT molecular complexity index is 1330. The van der Waals surface area contributed by atoms with E-state index in [-0.39, 0.29) is 30.6 Å². The molecule has 0 bridgehead atoms. The number of amides is 3. The lowest BCUT2D eigenvalue weighted by molar-refractivity contribution is -0.140. The number of rotatable bonds is 5. The fourth-order valence-corrected chi connectivity index (χ4v) is 6.73. The molecule has 1 saturated carbocycles. The Morgan fingerprint density at radius 3 is 2.36 bits per heavy atom. The molecule has 4 rings (SSSR count). The van der Waals surface area contributed by atoms with Crippen LogP contribution < -0.4 is 4.90 Å². The topological polar surface area (TPSA) is 128 Å². The smallest absolute Gasteiger partial charge is 0.417 e. The van der Waals surface area contributed by atoms with Crippen LogP contribution in [0.5, 0.6) is 0 Å². The zero-order valence-electron chi connectivity index (χ0n) is 21.7. The normalized spacial score (nSPS) is 22.1. The summed E-state index contributed by atoms with van der Waals surface area (Å²) in [5.41, 5.74) is -2.50. The lowest BCUT2D eigenvalue weighted by Gasteiger charge is -2.29. The summed E-state index contributed by atoms with van der Waals surface area (Å²) >= 11 is 0. The summed E-state index contributed by atoms with van der Waals surface area (Å²) in [4.78, 5) is 40.2. The first kappa shape index (κ1) is 28.7. The third kappa shape index (κ3) is 5.83. The van der Waals surface area contributed by atoms with Gasteiger partial charge >= 0.3 is 12.3 Å². The Labute approximate surface area is 224 Å². The van der Waals surface area contributed by atoms with Gasteiger partial charge in [-0.15, -0.1) is 0 Å². The number of anilines is 1. The van der Waals surface area contributed by atoms with Gasteiger partial charge in [0.2, 0.25) is 5.91 Å². The van der Waals surface area contributed by atoms with Gasteiger partial charge in [-0.05, 0) is 64.7 Å². The number of halogens is 3. The quantitative estimate of drug-likeness (QED) is 0.392. The van der Waals surface area contributed by atoms with Crippen LogP contribution in [0.2, 0.25) is 0 Å². The molecule has 3 amide bonds. The van der Waals surface area contributed by atoms with Gasteiger partial charge in [0.25, 0.3) is 5.91 Å². The number of benzene rings is 1. The summed E-state index contributed by atoms with van der Waals surface area (Å²) in [7, 11) is -4.75. The first-order chi connectivity index (χ1) is 18.0. The summed E-state index contributed by atoms with van der Waals surface area (Å²) in [6.07, 6.45) is -3.01. The van der Waals surface area contributed by atoms with Gasteiger partial charge in [-0.3, -0.25) is 14.5 Å². The molecule has 0 N–H and O–H groups in total. The van der Waals surface area contributed by atoms with E-state index in [9.17, 15) is 41.2 Å². The zero-order chi connectivity index (χ0) is 28.9. The van der Waals surface area contributed by atoms with Crippen LogP contribution in [0.3, 0.4) is 0 Å². The molecule has 3 fully saturated rings. The summed E-state index contributed by atoms with van der Waals surface area (Å²) in [6.45, 7) is 4.33. The molecule has 10 nitrogen and oxygen atoms in total. The maximum atomic E-state index is 14.1. The fraction of sp³-hybridized carbons (Fsp3) is 0.600. The van der Waals surface area contributed by atoms with E-state index in [1.165, 1.54) is 4.90 Å². The van der Waals surface area contributed by atoms with Crippen molar-refractivity contribution in [1.82, 2.24) is 9.80 Å². The van der Waals surface area contributed by atoms with Crippen molar-refractivity contribution in [3.63, 3.8) is 0 Å². The van der Waals surface area contributed by atoms with E-state index in [1.54, 1.807) is 27.0 Å². The Hall–Kier alpha value is -3.34. The molecule has 1 aromatic rings. The van der Waals surface area contributed by atoms with E-state index >= 15 is 0 Å². The summed E-state index contributed by atoms with van der Waals surface area (Å²) in [5, 5.41) is 7.92. The number of alkyl halides is 3. The number of sulfone groups is 1. The van der Waals surface area contributed by atoms with Crippen molar-refractivity contribution < 1.29 is 40.7 Å². The predicted molar refractivity (Wildman–Crippen MR) is 131 cm³/mol. The van der Waals surface area contributed by atoms with Gasteiger partial charge in [0.05, 0.1) is 15.7 Å². The third-order valence-electron chi connectivity index (χ3n) is 6.83. The van der Waals surface area contributed by atoms with E-state index in [4.69, 9.17) is 4.74 Å². The van der Waals surface area contributed by atoms with Crippen molar-refractivity contribution in [1.29, 1.82) is 5.26 Å². The van der Waals surface area contributed by atoms with E-state index in [0.29, 0.717) is 25.3 Å². The molecule has 2 aliphatic heterocycles. The molecule has 212 valence electrons. The van der Waals surface area contributed by atoms with Crippen molar-refractivity contribution in [2.75, 3.05) is 18.0 Å². The van der Waals surface area contributed by atoms with Crippen LogP contribution in [0.1, 0.15) is 58.4 Å². The molecule has 3 aliphatic rings. The average molecular weight is 571 g/mol. The van der Waals surface area contributed by atoms with Crippen LogP contribution in [-0.4, -0.2) is 72.1 Å². The molecule has 14 heteroatoms. The molecule has 2 heterocycles. The van der Waals surface area contributed by atoms with Crippen molar-refractivity contribution in [2.24, 2.45) is 0 Å². The monoisotopic (exact) mass is 570 g/mol. The standard InChI is InChI=1S/C25H29F3N4O6S/c1-24(2,3)38-23(35)31-13-17(12-19(31)22(34)32(14-29)15-6-7-15)39(36,37)20-9-8-16(11-18(20)25(26,27)28)30-10-4-5-21(30)33/h8-9,11,15,17,19H,4-7,10,12-13H2,1-3H3/t17-,19+/m1/s1. The van der Waals surface area contributed by atoms with Gasteiger partial charge in [0, 0.05) is 31.2 Å². The molecule has 0 aromatic heterocycles. The lowest BCUT2D eigenvalue weighted by atomic mass is 10.1. The second kappa shape index (κ2) is 10.0. The van der Waals surface area contributed by atoms with Crippen molar-refractivity contribution in [3.8, 4) is 6.19 Å². The Balaban J connectivity index is 1.71. The zero-order valence-corrected chi connectivity index (χ0v) is 22.5. The van der Waals surface area contributed by atoms with Gasteiger partial charge in [-0.1, -0.05) is 0 Å². The number of carbonyl (C=O) groups is 3. The molecule has 2 atom stereocenters. The van der Waals surface area contributed by atoms with Gasteiger partial charge in [-0.25, -0.2) is 18.1 Å². The number of nitriles is 1. The molecule has 0 spiro atoms. The minimum atomic E-state index is -5.07. The number of ether oxygens (including phenoxy) is 1. The number of likely N-dealkylation sites (tertiary alicyclic amines) is 1. The van der Waals surface area contributed by atoms with Gasteiger partial charge in [-0.2, -0.15) is 18.4 Å². The molecule has 2 saturated heterocycles. The molecule has 0 radical (unpaired) electrons. The maximum Gasteiger partial charge on any atom is 0.417 e. The second-order valence-corrected chi connectivity index (χ2v) is 13.1. The van der Waals surface area contributed by atoms with Crippen molar-refractivity contribution in [2.45, 2.75) is 86.9 Å². The van der Waals surface area contributed by atoms with Crippen LogP contribution >= 0.6 is 0 Å². The predicted octanol–water partition coefficient (Wildman–Crippen LogP) is 3.46. The highest BCUT2D eigenvalue weighted by Crippen LogP contribution is 2.41. The number of nitrogens with zero attached hydrogens (tertiary/aromatic N) is 4. The van der Waals surface area contributed by atoms with Crippen LogP contribution in [0.4, 0.5) is 23.7 Å². The van der Waals surface area contributed by atoms with Crippen LogP contribution in [0, 0.1) is 11.5 Å². The number of hydrogen-bond acceptors (Lipinski definition) is 7. The van der Waals surface area contributed by atoms with Crippen LogP contribution in [0.25, 0.3) is 0 Å². The molecule has 39 heavy (non-hydrogen) atoms. The van der Waals surface area contributed by atoms with Gasteiger partial charge < -0.3 is 9.64 Å². The van der Waals surface area contributed by atoms with E-state index in [2.05, 4.69) is 0 Å². The molecular formula is C25H29F3N4O6S. The average Bonchev–Trinajstić information content (AvgIpc) is 3.38. The molecule has 1 aromatic carbocycles. The molecule has 0 unspecified atom stereocenters. The summed E-state index contributed by atoms with van der Waals surface area (Å²) in [5.74, 6) is -1.16. The summed E-state index contributed by atoms with van der Waals surface area (Å²) < 4.78 is 75.0. The first-order valence-electron chi connectivity index (χ1n) is 12.5. The highest BCUT2D eigenvalue weighted by molar-refractivity contribution is 7.92. The van der Waals surface area contributed by atoms with E-state index in [0.717, 1.165) is 21.9 Å². The van der Waals surface area contributed by atoms with Crippen molar-refractivity contribution in [3.05, 3.63) is 23.8 Å². The summed E-state index contributed by atoms with van der Waals surface area (Å²) in [6, 6.07) is 0.841. The van der Waals surface area contributed by atoms with E-state index in [1.807, 2.05) is 0 Å². The lowest BCUT2D eigenvalue weighted by Crippen LogP contribution is -2.48. The Morgan fingerprint density at radius 2 is 1.85 bits per heavy atom. The highest BCUT2D eigenvalue weighted by atomic mass is 32.2. The fourth-order valence-electron chi connectivity index (χ4n) is 4.84. The van der Waals surface area contributed by atoms with Crippen molar-refractivity contribution >= 4 is 33.4 Å². The maximum absolute atomic E-state index is 14.1. The third-order valence-corrected chi connectivity index (χ3v) is 9.02. The molecular weight excluding hydrogens is 541 g/mol. The van der Waals surface area contributed by atoms with Gasteiger partial charge in [0.15, 0.2) is 16.0 Å². The van der Waals surface area contributed by atoms with Crippen LogP contribution in [-0.2, 0) is 30.3 Å². The number of hydrogen-bond donors (Lipinski definition) is 0. The van der Waals surface area contributed by atoms with Crippen LogP contribution in [0.15, 0.2) is 23.1 Å². The minimum absolute atomic E-state index is 0.0623. The van der Waals surface area contributed by atoms with Gasteiger partial charge in [0.1, 0.15) is 11.6 Å². The SMILES string of the molecule is CC(C)(C)OC(=O)N1C[C@H](S(=O)(=O)c2ccc(N3CCCC3=O)cc2C(F)(F)F)C[C@H]1C(=O)N(C#N)C1CC1. The Morgan fingerprint density at radius 1 is 1.18 bits per heavy atom. The molecule has 1 aliphatic carbocycles. The Kier molecular flexibility index (Phi) is 7.35.